The molecule has 1 atom stereocenters. The van der Waals surface area contributed by atoms with Crippen molar-refractivity contribution in [2.24, 2.45) is 0 Å². The molecule has 0 aromatic heterocycles. The summed E-state index contributed by atoms with van der Waals surface area (Å²) in [6.45, 7) is 2.75. The van der Waals surface area contributed by atoms with Gasteiger partial charge in [0, 0.05) is 0 Å². The van der Waals surface area contributed by atoms with Crippen molar-refractivity contribution in [1.29, 1.82) is 0 Å². The minimum absolute atomic E-state index is 0. The first kappa shape index (κ1) is 13.5. The van der Waals surface area contributed by atoms with Gasteiger partial charge in [0.25, 0.3) is 10.1 Å². The Hall–Kier alpha value is 0.870. The van der Waals surface area contributed by atoms with Crippen LogP contribution < -0.4 is 0 Å². The molecular weight excluding hydrogens is 167 g/mol. The Labute approximate surface area is 83.0 Å². The molecule has 1 unspecified atom stereocenters. The summed E-state index contributed by atoms with van der Waals surface area (Å²) in [5, 5.41) is 8.50. The van der Waals surface area contributed by atoms with Crippen LogP contribution in [0.1, 0.15) is 13.8 Å². The van der Waals surface area contributed by atoms with Crippen LogP contribution in [0, 0.1) is 0 Å². The first-order valence-corrected chi connectivity index (χ1v) is 4.04. The second kappa shape index (κ2) is 5.51. The van der Waals surface area contributed by atoms with E-state index >= 15 is 0 Å². The van der Waals surface area contributed by atoms with Crippen molar-refractivity contribution >= 4 is 39.7 Å². The van der Waals surface area contributed by atoms with Crippen molar-refractivity contribution in [2.45, 2.75) is 19.3 Å². The molecule has 0 fully saturated rings. The molecule has 0 aliphatic rings. The van der Waals surface area contributed by atoms with Crippen LogP contribution in [-0.4, -0.2) is 55.1 Å². The van der Waals surface area contributed by atoms with E-state index < -0.39 is 15.6 Å². The molecule has 0 amide bonds. The van der Waals surface area contributed by atoms with E-state index in [1.807, 2.05) is 0 Å². The quantitative estimate of drug-likeness (QED) is 0.446. The Kier molecular flexibility index (Phi) is 7.42. The second-order valence-electron chi connectivity index (χ2n) is 1.50. The summed E-state index contributed by atoms with van der Waals surface area (Å²) in [5.74, 6) is 0. The maximum absolute atomic E-state index is 10.5. The summed E-state index contributed by atoms with van der Waals surface area (Å²) in [5.41, 5.74) is -1.43. The van der Waals surface area contributed by atoms with E-state index in [9.17, 15) is 8.42 Å². The Bertz CT molecular complexity index is 162. The molecule has 10 heavy (non-hydrogen) atoms. The number of hydrogen-bond acceptors (Lipinski definition) is 4. The fourth-order valence-corrected chi connectivity index (χ4v) is 0.788. The van der Waals surface area contributed by atoms with Crippen LogP contribution >= 0.6 is 0 Å². The van der Waals surface area contributed by atoms with Crippen molar-refractivity contribution in [3.05, 3.63) is 0 Å². The molecule has 0 aromatic rings. The summed E-state index contributed by atoms with van der Waals surface area (Å²) in [7, 11) is -3.69. The number of aliphatic hydroxyl groups excluding tert-OH is 1. The first-order chi connectivity index (χ1) is 4.00. The average Bonchev–Trinajstić information content (AvgIpc) is 1.65. The Morgan fingerprint density at radius 1 is 1.60 bits per heavy atom. The molecule has 4 nitrogen and oxygen atoms in total. The summed E-state index contributed by atoms with van der Waals surface area (Å²) >= 11 is 0. The van der Waals surface area contributed by atoms with Crippen LogP contribution in [0.3, 0.4) is 0 Å². The van der Waals surface area contributed by atoms with Gasteiger partial charge in [-0.25, -0.2) is 0 Å². The Balaban J connectivity index is 0. The van der Waals surface area contributed by atoms with Gasteiger partial charge in [-0.2, -0.15) is 8.42 Å². The first-order valence-electron chi connectivity index (χ1n) is 2.57. The van der Waals surface area contributed by atoms with E-state index in [1.165, 1.54) is 0 Å². The fourth-order valence-electron chi connectivity index (χ4n) is 0.263. The zero-order chi connectivity index (χ0) is 7.49. The molecule has 0 saturated carbocycles. The van der Waals surface area contributed by atoms with Crippen molar-refractivity contribution in [3.63, 3.8) is 0 Å². The molecular formula is C4H11NaO4S. The van der Waals surface area contributed by atoms with Crippen LogP contribution in [0.2, 0.25) is 0 Å². The van der Waals surface area contributed by atoms with E-state index in [4.69, 9.17) is 5.11 Å². The summed E-state index contributed by atoms with van der Waals surface area (Å²) in [6.07, 6.45) is 0. The molecule has 0 aliphatic heterocycles. The summed E-state index contributed by atoms with van der Waals surface area (Å²) in [4.78, 5) is 0. The number of hydrogen-bond donors (Lipinski definition) is 1. The van der Waals surface area contributed by atoms with Gasteiger partial charge < -0.3 is 5.11 Å². The molecule has 0 rings (SSSR count). The molecule has 0 heterocycles. The van der Waals surface area contributed by atoms with Crippen molar-refractivity contribution in [1.82, 2.24) is 0 Å². The predicted octanol–water partition coefficient (Wildman–Crippen LogP) is -0.958. The van der Waals surface area contributed by atoms with Crippen LogP contribution in [0.4, 0.5) is 0 Å². The fraction of sp³-hybridized carbons (Fsp3) is 1.00. The van der Waals surface area contributed by atoms with Gasteiger partial charge in [0.2, 0.25) is 0 Å². The molecule has 0 spiro atoms. The minimum atomic E-state index is -3.69. The average molecular weight is 178 g/mol. The van der Waals surface area contributed by atoms with E-state index in [0.717, 1.165) is 6.92 Å². The Morgan fingerprint density at radius 2 is 2.00 bits per heavy atom. The van der Waals surface area contributed by atoms with Gasteiger partial charge in [-0.15, -0.1) is 0 Å². The van der Waals surface area contributed by atoms with Crippen LogP contribution in [0.5, 0.6) is 0 Å². The molecule has 0 bridgehead atoms. The third-order valence-electron chi connectivity index (χ3n) is 0.700. The van der Waals surface area contributed by atoms with Crippen LogP contribution in [0.15, 0.2) is 0 Å². The molecule has 6 heteroatoms. The van der Waals surface area contributed by atoms with Crippen molar-refractivity contribution in [3.8, 4) is 0 Å². The van der Waals surface area contributed by atoms with Crippen molar-refractivity contribution < 1.29 is 17.7 Å². The zero-order valence-electron chi connectivity index (χ0n) is 5.36. The zero-order valence-corrected chi connectivity index (χ0v) is 6.18. The number of aliphatic hydroxyl groups is 1. The predicted molar refractivity (Wildman–Crippen MR) is 39.4 cm³/mol. The summed E-state index contributed by atoms with van der Waals surface area (Å²) in [6, 6.07) is 0. The van der Waals surface area contributed by atoms with Crippen molar-refractivity contribution in [2.75, 3.05) is 6.61 Å². The van der Waals surface area contributed by atoms with Gasteiger partial charge in [-0.1, -0.05) is 0 Å². The van der Waals surface area contributed by atoms with Gasteiger partial charge in [0.05, 0.1) is 6.61 Å². The van der Waals surface area contributed by atoms with E-state index in [2.05, 4.69) is 4.18 Å². The van der Waals surface area contributed by atoms with Crippen LogP contribution in [0.25, 0.3) is 0 Å². The van der Waals surface area contributed by atoms with E-state index in [0.29, 0.717) is 0 Å². The topological polar surface area (TPSA) is 63.6 Å². The van der Waals surface area contributed by atoms with Gasteiger partial charge in [0.15, 0.2) is 5.44 Å². The Morgan fingerprint density at radius 3 is 2.10 bits per heavy atom. The maximum atomic E-state index is 10.5. The monoisotopic (exact) mass is 178 g/mol. The molecule has 58 valence electrons. The molecule has 0 aromatic carbocycles. The second-order valence-corrected chi connectivity index (χ2v) is 3.40. The van der Waals surface area contributed by atoms with Gasteiger partial charge in [-0.3, -0.25) is 4.18 Å². The summed E-state index contributed by atoms with van der Waals surface area (Å²) < 4.78 is 25.1. The van der Waals surface area contributed by atoms with E-state index in [-0.39, 0.29) is 36.2 Å². The third kappa shape index (κ3) is 4.65. The normalized spacial score (nSPS) is 13.9. The van der Waals surface area contributed by atoms with Gasteiger partial charge in [-0.05, 0) is 13.8 Å². The third-order valence-corrected chi connectivity index (χ3v) is 2.10. The SMILES string of the molecule is CCOS(=O)(=O)C(C)O.[NaH]. The van der Waals surface area contributed by atoms with Gasteiger partial charge in [0.1, 0.15) is 0 Å². The number of rotatable bonds is 3. The van der Waals surface area contributed by atoms with Gasteiger partial charge >= 0.3 is 29.6 Å². The molecule has 0 saturated heterocycles. The molecule has 0 aliphatic carbocycles. The van der Waals surface area contributed by atoms with Crippen LogP contribution in [-0.2, 0) is 14.3 Å². The standard InChI is InChI=1S/C4H10O4S.Na.H/c1-3-8-9(6,7)4(2)5;;/h4-5H,3H2,1-2H3;;. The molecule has 0 radical (unpaired) electrons. The molecule has 1 N–H and O–H groups in total. The van der Waals surface area contributed by atoms with E-state index in [1.54, 1.807) is 6.92 Å².